The second-order valence-corrected chi connectivity index (χ2v) is 7.58. The van der Waals surface area contributed by atoms with Crippen LogP contribution in [0.3, 0.4) is 0 Å². The van der Waals surface area contributed by atoms with E-state index in [9.17, 15) is 5.11 Å². The van der Waals surface area contributed by atoms with Crippen LogP contribution in [0.25, 0.3) is 10.1 Å². The number of aliphatic hydroxyl groups is 1. The molecule has 1 nitrogen and oxygen atoms in total. The van der Waals surface area contributed by atoms with E-state index in [1.54, 1.807) is 11.3 Å². The summed E-state index contributed by atoms with van der Waals surface area (Å²) in [6, 6.07) is 18.6. The molecular weight excluding hydrogens is 276 g/mol. The minimum atomic E-state index is -0.545. The Morgan fingerprint density at radius 1 is 0.952 bits per heavy atom. The van der Waals surface area contributed by atoms with Crippen molar-refractivity contribution in [1.82, 2.24) is 0 Å². The van der Waals surface area contributed by atoms with Crippen LogP contribution in [0, 0.1) is 0 Å². The van der Waals surface area contributed by atoms with Gasteiger partial charge in [0, 0.05) is 9.58 Å². The summed E-state index contributed by atoms with van der Waals surface area (Å²) in [4.78, 5) is 1.000. The molecule has 0 fully saturated rings. The van der Waals surface area contributed by atoms with Crippen molar-refractivity contribution in [2.24, 2.45) is 0 Å². The third-order valence-electron chi connectivity index (χ3n) is 3.81. The Morgan fingerprint density at radius 2 is 1.62 bits per heavy atom. The van der Waals surface area contributed by atoms with Gasteiger partial charge in [-0.15, -0.1) is 11.3 Å². The third kappa shape index (κ3) is 2.87. The fourth-order valence-electron chi connectivity index (χ4n) is 2.47. The van der Waals surface area contributed by atoms with Crippen LogP contribution in [0.5, 0.6) is 0 Å². The minimum Gasteiger partial charge on any atom is -0.383 e. The molecule has 2 aromatic carbocycles. The zero-order valence-corrected chi connectivity index (χ0v) is 13.4. The number of rotatable bonds is 2. The molecule has 1 heterocycles. The van der Waals surface area contributed by atoms with E-state index >= 15 is 0 Å². The Labute approximate surface area is 129 Å². The van der Waals surface area contributed by atoms with E-state index in [1.165, 1.54) is 15.6 Å². The molecule has 21 heavy (non-hydrogen) atoms. The van der Waals surface area contributed by atoms with E-state index in [1.807, 2.05) is 24.3 Å². The molecule has 3 aromatic rings. The Balaban J connectivity index is 1.92. The number of fused-ring (bicyclic) bond motifs is 1. The van der Waals surface area contributed by atoms with Crippen molar-refractivity contribution in [1.29, 1.82) is 0 Å². The van der Waals surface area contributed by atoms with Crippen molar-refractivity contribution in [2.45, 2.75) is 32.3 Å². The highest BCUT2D eigenvalue weighted by Crippen LogP contribution is 2.33. The van der Waals surface area contributed by atoms with Crippen LogP contribution in [0.15, 0.2) is 54.6 Å². The van der Waals surface area contributed by atoms with Gasteiger partial charge in [0.15, 0.2) is 0 Å². The van der Waals surface area contributed by atoms with Crippen LogP contribution >= 0.6 is 11.3 Å². The summed E-state index contributed by atoms with van der Waals surface area (Å²) >= 11 is 1.66. The standard InChI is InChI=1S/C19H20OS/c1-19(2,3)15-10-8-13(9-11-15)18(20)17-12-14-6-4-5-7-16(14)21-17/h4-12,18,20H,1-3H3. The topological polar surface area (TPSA) is 20.2 Å². The lowest BCUT2D eigenvalue weighted by atomic mass is 9.86. The maximum absolute atomic E-state index is 10.6. The highest BCUT2D eigenvalue weighted by molar-refractivity contribution is 7.19. The molecule has 0 saturated heterocycles. The summed E-state index contributed by atoms with van der Waals surface area (Å²) in [5, 5.41) is 11.8. The molecule has 0 aliphatic heterocycles. The molecule has 1 atom stereocenters. The van der Waals surface area contributed by atoms with Crippen LogP contribution in [0.1, 0.15) is 42.9 Å². The molecule has 1 N–H and O–H groups in total. The van der Waals surface area contributed by atoms with E-state index < -0.39 is 6.10 Å². The normalized spacial score (nSPS) is 13.5. The van der Waals surface area contributed by atoms with Gasteiger partial charge in [-0.1, -0.05) is 63.2 Å². The van der Waals surface area contributed by atoms with Gasteiger partial charge in [-0.05, 0) is 34.1 Å². The number of hydrogen-bond acceptors (Lipinski definition) is 2. The number of hydrogen-bond donors (Lipinski definition) is 1. The predicted octanol–water partition coefficient (Wildman–Crippen LogP) is 5.28. The molecule has 0 amide bonds. The third-order valence-corrected chi connectivity index (χ3v) is 4.98. The van der Waals surface area contributed by atoms with Crippen LogP contribution in [0.2, 0.25) is 0 Å². The van der Waals surface area contributed by atoms with Crippen LogP contribution < -0.4 is 0 Å². The Bertz CT molecular complexity index is 714. The van der Waals surface area contributed by atoms with Crippen LogP contribution in [0.4, 0.5) is 0 Å². The molecule has 0 spiro atoms. The molecule has 0 radical (unpaired) electrons. The lowest BCUT2D eigenvalue weighted by Crippen LogP contribution is -2.11. The zero-order valence-electron chi connectivity index (χ0n) is 12.6. The molecule has 1 unspecified atom stereocenters. The first kappa shape index (κ1) is 14.3. The summed E-state index contributed by atoms with van der Waals surface area (Å²) in [5.41, 5.74) is 2.38. The van der Waals surface area contributed by atoms with E-state index in [-0.39, 0.29) is 5.41 Å². The summed E-state index contributed by atoms with van der Waals surface area (Å²) < 4.78 is 1.22. The largest absolute Gasteiger partial charge is 0.383 e. The lowest BCUT2D eigenvalue weighted by molar-refractivity contribution is 0.224. The Morgan fingerprint density at radius 3 is 2.24 bits per heavy atom. The summed E-state index contributed by atoms with van der Waals surface area (Å²) in [6.07, 6.45) is -0.545. The highest BCUT2D eigenvalue weighted by Gasteiger charge is 2.16. The predicted molar refractivity (Wildman–Crippen MR) is 91.0 cm³/mol. The molecule has 0 saturated carbocycles. The Hall–Kier alpha value is -1.64. The van der Waals surface area contributed by atoms with Gasteiger partial charge in [0.2, 0.25) is 0 Å². The molecule has 3 rings (SSSR count). The summed E-state index contributed by atoms with van der Waals surface area (Å²) in [5.74, 6) is 0. The van der Waals surface area contributed by atoms with Gasteiger partial charge in [-0.25, -0.2) is 0 Å². The van der Waals surface area contributed by atoms with Gasteiger partial charge in [0.05, 0.1) is 0 Å². The average molecular weight is 296 g/mol. The number of benzene rings is 2. The average Bonchev–Trinajstić information content (AvgIpc) is 2.89. The van der Waals surface area contributed by atoms with Crippen molar-refractivity contribution in [3.8, 4) is 0 Å². The van der Waals surface area contributed by atoms with Gasteiger partial charge in [-0.2, -0.15) is 0 Å². The fraction of sp³-hybridized carbons (Fsp3) is 0.263. The van der Waals surface area contributed by atoms with E-state index in [0.717, 1.165) is 10.4 Å². The molecular formula is C19H20OS. The quantitative estimate of drug-likeness (QED) is 0.682. The molecule has 2 heteroatoms. The van der Waals surface area contributed by atoms with Crippen LogP contribution in [-0.4, -0.2) is 5.11 Å². The first-order valence-electron chi connectivity index (χ1n) is 7.22. The van der Waals surface area contributed by atoms with Gasteiger partial charge in [0.1, 0.15) is 6.10 Å². The smallest absolute Gasteiger partial charge is 0.113 e. The van der Waals surface area contributed by atoms with Crippen molar-refractivity contribution in [3.05, 3.63) is 70.6 Å². The molecule has 0 aliphatic rings. The first-order chi connectivity index (χ1) is 9.95. The Kier molecular flexibility index (Phi) is 3.60. The zero-order chi connectivity index (χ0) is 15.0. The highest BCUT2D eigenvalue weighted by atomic mass is 32.1. The second-order valence-electron chi connectivity index (χ2n) is 6.46. The van der Waals surface area contributed by atoms with Crippen molar-refractivity contribution < 1.29 is 5.11 Å². The monoisotopic (exact) mass is 296 g/mol. The van der Waals surface area contributed by atoms with E-state index in [2.05, 4.69) is 51.1 Å². The molecule has 0 bridgehead atoms. The van der Waals surface area contributed by atoms with Crippen molar-refractivity contribution in [3.63, 3.8) is 0 Å². The first-order valence-corrected chi connectivity index (χ1v) is 8.04. The fourth-order valence-corrected chi connectivity index (χ4v) is 3.55. The van der Waals surface area contributed by atoms with Crippen molar-refractivity contribution >= 4 is 21.4 Å². The van der Waals surface area contributed by atoms with Gasteiger partial charge >= 0.3 is 0 Å². The maximum Gasteiger partial charge on any atom is 0.113 e. The second kappa shape index (κ2) is 5.28. The molecule has 1 aromatic heterocycles. The minimum absolute atomic E-state index is 0.140. The van der Waals surface area contributed by atoms with E-state index in [0.29, 0.717) is 0 Å². The SMILES string of the molecule is CC(C)(C)c1ccc(C(O)c2cc3ccccc3s2)cc1. The maximum atomic E-state index is 10.6. The summed E-state index contributed by atoms with van der Waals surface area (Å²) in [7, 11) is 0. The number of thiophene rings is 1. The van der Waals surface area contributed by atoms with Gasteiger partial charge < -0.3 is 5.11 Å². The van der Waals surface area contributed by atoms with E-state index in [4.69, 9.17) is 0 Å². The number of aliphatic hydroxyl groups excluding tert-OH is 1. The lowest BCUT2D eigenvalue weighted by Gasteiger charge is -2.19. The van der Waals surface area contributed by atoms with Gasteiger partial charge in [-0.3, -0.25) is 0 Å². The van der Waals surface area contributed by atoms with Crippen LogP contribution in [-0.2, 0) is 5.41 Å². The molecule has 108 valence electrons. The summed E-state index contributed by atoms with van der Waals surface area (Å²) in [6.45, 7) is 6.60. The van der Waals surface area contributed by atoms with Crippen molar-refractivity contribution in [2.75, 3.05) is 0 Å². The van der Waals surface area contributed by atoms with Gasteiger partial charge in [0.25, 0.3) is 0 Å². The molecule has 0 aliphatic carbocycles.